The number of anilines is 5. The monoisotopic (exact) mass is 1960 g/mol. The number of aromatic nitrogens is 4. The van der Waals surface area contributed by atoms with Gasteiger partial charge in [-0.25, -0.2) is 45.1 Å². The van der Waals surface area contributed by atoms with Gasteiger partial charge in [-0.05, 0) is 255 Å². The zero-order chi connectivity index (χ0) is 96.4. The van der Waals surface area contributed by atoms with Gasteiger partial charge in [0.15, 0.2) is 28.9 Å². The summed E-state index contributed by atoms with van der Waals surface area (Å²) in [5, 5.41) is 20.1. The van der Waals surface area contributed by atoms with Gasteiger partial charge in [0.2, 0.25) is 0 Å². The molecule has 0 bridgehead atoms. The number of benzene rings is 7. The predicted molar refractivity (Wildman–Crippen MR) is 500 cm³/mol. The Kier molecular flexibility index (Phi) is 38.0. The van der Waals surface area contributed by atoms with Crippen molar-refractivity contribution in [2.75, 3.05) is 169 Å². The second-order valence-corrected chi connectivity index (χ2v) is 36.2. The molecular weight excluding hydrogens is 1850 g/mol. The normalized spacial score (nSPS) is 15.5. The Morgan fingerprint density at radius 1 is 0.386 bits per heavy atom. The highest BCUT2D eigenvalue weighted by atomic mass is 79.9. The van der Waals surface area contributed by atoms with Gasteiger partial charge in [0.05, 0.1) is 68.4 Å². The van der Waals surface area contributed by atoms with Crippen molar-refractivity contribution in [1.29, 1.82) is 0 Å². The zero-order valence-corrected chi connectivity index (χ0v) is 79.6. The van der Waals surface area contributed by atoms with Gasteiger partial charge in [0.1, 0.15) is 63.8 Å². The van der Waals surface area contributed by atoms with E-state index in [0.29, 0.717) is 158 Å². The van der Waals surface area contributed by atoms with Gasteiger partial charge in [-0.3, -0.25) is 29.4 Å². The number of hydrogen-bond donors (Lipinski definition) is 4. The minimum Gasteiger partial charge on any atom is -0.444 e. The van der Waals surface area contributed by atoms with Crippen LogP contribution in [0.5, 0.6) is 0 Å². The van der Waals surface area contributed by atoms with Gasteiger partial charge < -0.3 is 78.3 Å². The first-order valence-corrected chi connectivity index (χ1v) is 44.8. The number of hydrogen-bond acceptors (Lipinski definition) is 22. The highest BCUT2D eigenvalue weighted by molar-refractivity contribution is 9.10. The molecule has 0 atom stereocenters. The number of aldehydes is 1. The number of amides is 3. The standard InChI is InChI=1S/C18H23FN4O2.C18H23FN2O4.C17H23FN2O3.C13H15FN4.C12H15FN2O.C10H10BrFO2.C8H6BrFO/c1-18(2,3)25-17(24)23-10-8-22(9-11-23)16-12-13(4-5-14(16)19)15-6-7-20-21-15;1-18(2,3)25-17(24)21-9-7-20(8-10-21)15-12-13(4-5-14(15)19)16(23)6-11-22;1-12(21)13-5-6-14(18)15(11-13)19-7-9-20(10-8-19)16(22)23-17(2,3)4;14-11-2-1-10(12-3-4-16-17-12)9-13(11)18-7-5-15-6-8-18;1-9(16)10-2-3-11(13)12(8-10)15-6-4-14-5-7-15;1-10(13-4-5-14-10)7-2-3-9(12)8(11)6-7;1-5(11)6-2-3-8(10)7(9)4-6/h4-7,12H,8-11H2,1-3H3,(H,20,21);4-5,11-12H,6-10H2,1-3H3;5-6,11H,7-10H2,1-4H3;1-4,9,15H,5-8H2,(H,16,17);2-3,8,14H,4-7H2,1H3;2-3,6H,4-5H2,1H3;2-4H,1H3. The number of aromatic amines is 2. The number of piperazine rings is 5. The van der Waals surface area contributed by atoms with E-state index in [1.165, 1.54) is 99.6 Å². The maximum absolute atomic E-state index is 14.3. The minimum atomic E-state index is -0.726. The second-order valence-electron chi connectivity index (χ2n) is 34.5. The Morgan fingerprint density at radius 3 is 0.977 bits per heavy atom. The van der Waals surface area contributed by atoms with Crippen molar-refractivity contribution < 1.29 is 92.8 Å². The lowest BCUT2D eigenvalue weighted by atomic mass is 10.1. The van der Waals surface area contributed by atoms with Crippen molar-refractivity contribution in [1.82, 2.24) is 45.7 Å². The molecule has 0 unspecified atom stereocenters. The maximum Gasteiger partial charge on any atom is 0.410 e. The average Bonchev–Trinajstić information content (AvgIpc) is 1.76. The quantitative estimate of drug-likeness (QED) is 0.0259. The molecule has 2 aromatic heterocycles. The summed E-state index contributed by atoms with van der Waals surface area (Å²) in [6.45, 7) is 36.2. The summed E-state index contributed by atoms with van der Waals surface area (Å²) in [6.07, 6.45) is 2.61. The van der Waals surface area contributed by atoms with E-state index < -0.39 is 28.4 Å². The molecule has 0 radical (unpaired) electrons. The summed E-state index contributed by atoms with van der Waals surface area (Å²) < 4.78 is 123. The summed E-state index contributed by atoms with van der Waals surface area (Å²) in [5.74, 6) is -3.39. The molecule has 0 aliphatic carbocycles. The lowest BCUT2D eigenvalue weighted by Gasteiger charge is -2.37. The van der Waals surface area contributed by atoms with Crippen molar-refractivity contribution in [2.45, 2.75) is 119 Å². The topological polar surface area (TPSA) is 290 Å². The van der Waals surface area contributed by atoms with E-state index >= 15 is 0 Å². The molecule has 0 spiro atoms. The van der Waals surface area contributed by atoms with E-state index in [0.717, 1.165) is 80.4 Å². The van der Waals surface area contributed by atoms with Crippen LogP contribution in [0.3, 0.4) is 0 Å². The first kappa shape index (κ1) is 104. The van der Waals surface area contributed by atoms with Crippen LogP contribution in [0, 0.1) is 40.7 Å². The predicted octanol–water partition coefficient (Wildman–Crippen LogP) is 17.7. The number of ether oxygens (including phenoxy) is 5. The lowest BCUT2D eigenvalue weighted by molar-refractivity contribution is -0.149. The van der Waals surface area contributed by atoms with Gasteiger partial charge >= 0.3 is 18.3 Å². The fourth-order valence-corrected chi connectivity index (χ4v) is 14.9. The molecule has 8 heterocycles. The SMILES string of the molecule is CC(=O)c1ccc(F)c(Br)c1.CC(=O)c1ccc(F)c(N2CCN(C(=O)OC(C)(C)C)CC2)c1.CC(=O)c1ccc(F)c(N2CCNCC2)c1.CC(C)(C)OC(=O)N1CCN(c2cc(-c3ccn[nH]3)ccc2F)CC1.CC(C)(C)OC(=O)N1CCN(c2cc(C(=O)CC=O)ccc2F)CC1.CC1(c2ccc(F)c(Br)c2)OCCO1.Fc1ccc(-c2ccn[nH]2)cc1N1CCNCC1. The Hall–Kier alpha value is -11.6. The van der Waals surface area contributed by atoms with E-state index in [4.69, 9.17) is 23.7 Å². The van der Waals surface area contributed by atoms with Gasteiger partial charge in [-0.1, -0.05) is 6.07 Å². The molecule has 132 heavy (non-hydrogen) atoms. The van der Waals surface area contributed by atoms with Gasteiger partial charge in [0, 0.05) is 182 Å². The van der Waals surface area contributed by atoms with Crippen molar-refractivity contribution in [3.63, 3.8) is 0 Å². The van der Waals surface area contributed by atoms with Gasteiger partial charge in [-0.15, -0.1) is 0 Å². The summed E-state index contributed by atoms with van der Waals surface area (Å²) in [7, 11) is 0. The third kappa shape index (κ3) is 31.3. The largest absolute Gasteiger partial charge is 0.444 e. The summed E-state index contributed by atoms with van der Waals surface area (Å²) in [4.78, 5) is 107. The molecule has 15 rings (SSSR count). The van der Waals surface area contributed by atoms with E-state index in [1.54, 1.807) is 89.2 Å². The van der Waals surface area contributed by atoms with Crippen LogP contribution in [0.15, 0.2) is 161 Å². The van der Waals surface area contributed by atoms with Crippen molar-refractivity contribution in [3.05, 3.63) is 229 Å². The lowest BCUT2D eigenvalue weighted by Crippen LogP contribution is -2.50. The van der Waals surface area contributed by atoms with Gasteiger partial charge in [0.25, 0.3) is 0 Å². The molecule has 9 aromatic rings. The van der Waals surface area contributed by atoms with E-state index in [9.17, 15) is 69.1 Å². The Morgan fingerprint density at radius 2 is 0.674 bits per heavy atom. The number of carbonyl (C=O) groups is 8. The first-order valence-electron chi connectivity index (χ1n) is 43.2. The molecule has 4 N–H and O–H groups in total. The Labute approximate surface area is 781 Å². The van der Waals surface area contributed by atoms with Crippen LogP contribution in [0.1, 0.15) is 143 Å². The summed E-state index contributed by atoms with van der Waals surface area (Å²) >= 11 is 6.12. The highest BCUT2D eigenvalue weighted by Crippen LogP contribution is 2.35. The molecule has 36 heteroatoms. The van der Waals surface area contributed by atoms with Crippen LogP contribution < -0.4 is 35.1 Å². The zero-order valence-electron chi connectivity index (χ0n) is 76.5. The number of nitrogens with one attached hydrogen (secondary N) is 4. The number of H-pyrrole nitrogens is 2. The molecule has 7 aromatic carbocycles. The summed E-state index contributed by atoms with van der Waals surface area (Å²) in [6, 6.07) is 35.8. The third-order valence-corrected chi connectivity index (χ3v) is 22.3. The molecule has 6 aliphatic rings. The van der Waals surface area contributed by atoms with E-state index in [-0.39, 0.29) is 82.7 Å². The number of carbonyl (C=O) groups excluding carboxylic acids is 8. The molecule has 0 saturated carbocycles. The highest BCUT2D eigenvalue weighted by Gasteiger charge is 2.35. The van der Waals surface area contributed by atoms with Crippen LogP contribution in [0.25, 0.3) is 22.5 Å². The number of halogens is 9. The third-order valence-electron chi connectivity index (χ3n) is 21.1. The Balaban J connectivity index is 0.000000176. The minimum absolute atomic E-state index is 0.0311. The number of ketones is 4. The van der Waals surface area contributed by atoms with E-state index in [2.05, 4.69) is 67.8 Å². The van der Waals surface area contributed by atoms with Crippen LogP contribution in [-0.2, 0) is 34.3 Å². The number of rotatable bonds is 14. The van der Waals surface area contributed by atoms with Crippen LogP contribution in [-0.4, -0.2) is 244 Å². The molecular formula is C96H115Br2F7N14O13. The Bertz CT molecular complexity index is 5390. The molecule has 710 valence electrons. The van der Waals surface area contributed by atoms with Crippen LogP contribution >= 0.6 is 31.9 Å². The van der Waals surface area contributed by atoms with Crippen molar-refractivity contribution in [3.8, 4) is 22.5 Å². The molecule has 3 amide bonds. The molecule has 6 aliphatic heterocycles. The van der Waals surface area contributed by atoms with Crippen molar-refractivity contribution in [2.24, 2.45) is 0 Å². The number of Topliss-reactive ketones (excluding diaryl/α,β-unsaturated/α-hetero) is 4. The fourth-order valence-electron chi connectivity index (χ4n) is 14.1. The van der Waals surface area contributed by atoms with E-state index in [1.807, 2.05) is 87.4 Å². The maximum atomic E-state index is 14.3. The fraction of sp³-hybridized carbons (Fsp3) is 0.417. The first-order chi connectivity index (χ1) is 62.5. The molecule has 6 fully saturated rings. The molecule has 6 saturated heterocycles. The van der Waals surface area contributed by atoms with Crippen molar-refractivity contribution >= 4 is 108 Å². The average molecular weight is 1970 g/mol. The van der Waals surface area contributed by atoms with Crippen LogP contribution in [0.4, 0.5) is 73.6 Å². The van der Waals surface area contributed by atoms with Crippen LogP contribution in [0.2, 0.25) is 0 Å². The smallest absolute Gasteiger partial charge is 0.410 e. The summed E-state index contributed by atoms with van der Waals surface area (Å²) in [5.41, 5.74) is 7.12. The van der Waals surface area contributed by atoms with Gasteiger partial charge in [-0.2, -0.15) is 10.2 Å². The molecule has 27 nitrogen and oxygen atoms in total. The second kappa shape index (κ2) is 48.2. The number of nitrogens with zero attached hydrogens (tertiary/aromatic N) is 10.